The smallest absolute Gasteiger partial charge is 0.327 e. The molecule has 4 aromatic rings. The lowest BCUT2D eigenvalue weighted by molar-refractivity contribution is -0.137. The first-order valence-electron chi connectivity index (χ1n) is 10.8. The predicted molar refractivity (Wildman–Crippen MR) is 130 cm³/mol. The number of imidazole rings is 1. The standard InChI is InChI=1S/C25H17ClF2N4O4/c26-14-9-15-22(13-5-6-18-20(8-13)32(11-21(33)34)25(36)30-18)29-19(7-12-3-1-2-4-16(12)27)24(35)31-23(15)17(28)10-14/h1-6,8-10,19H,7,11H2,(H,30,36)(H,31,35)(H,33,34). The molecule has 8 nitrogen and oxygen atoms in total. The summed E-state index contributed by atoms with van der Waals surface area (Å²) in [5.74, 6) is -3.14. The van der Waals surface area contributed by atoms with Gasteiger partial charge in [-0.1, -0.05) is 35.9 Å². The molecule has 0 spiro atoms. The molecular weight excluding hydrogens is 494 g/mol. The molecule has 182 valence electrons. The molecule has 1 aromatic heterocycles. The fourth-order valence-corrected chi connectivity index (χ4v) is 4.42. The van der Waals surface area contributed by atoms with Crippen molar-refractivity contribution >= 4 is 45.9 Å². The summed E-state index contributed by atoms with van der Waals surface area (Å²) < 4.78 is 30.3. The van der Waals surface area contributed by atoms with Crippen molar-refractivity contribution in [2.75, 3.05) is 5.32 Å². The van der Waals surface area contributed by atoms with Gasteiger partial charge in [0.2, 0.25) is 5.91 Å². The summed E-state index contributed by atoms with van der Waals surface area (Å²) in [6.45, 7) is -0.582. The number of hydrogen-bond donors (Lipinski definition) is 3. The first kappa shape index (κ1) is 23.4. The van der Waals surface area contributed by atoms with Crippen LogP contribution in [0.5, 0.6) is 0 Å². The summed E-state index contributed by atoms with van der Waals surface area (Å²) in [6, 6.07) is 12.0. The van der Waals surface area contributed by atoms with Gasteiger partial charge in [-0.3, -0.25) is 19.1 Å². The number of aliphatic imine (C=N–C) groups is 1. The van der Waals surface area contributed by atoms with Crippen LogP contribution in [0.15, 0.2) is 64.4 Å². The molecule has 1 amide bonds. The van der Waals surface area contributed by atoms with Gasteiger partial charge >= 0.3 is 11.7 Å². The van der Waals surface area contributed by atoms with Crippen molar-refractivity contribution in [3.63, 3.8) is 0 Å². The minimum atomic E-state index is -1.21. The molecular formula is C25H17ClF2N4O4. The molecule has 3 N–H and O–H groups in total. The monoisotopic (exact) mass is 510 g/mol. The van der Waals surface area contributed by atoms with Crippen LogP contribution in [0.2, 0.25) is 5.02 Å². The molecule has 1 aliphatic heterocycles. The second-order valence-electron chi connectivity index (χ2n) is 8.23. The summed E-state index contributed by atoms with van der Waals surface area (Å²) in [5.41, 5.74) is 0.886. The highest BCUT2D eigenvalue weighted by Gasteiger charge is 2.29. The van der Waals surface area contributed by atoms with Gasteiger partial charge in [0.25, 0.3) is 0 Å². The van der Waals surface area contributed by atoms with Gasteiger partial charge in [0, 0.05) is 22.6 Å². The van der Waals surface area contributed by atoms with Gasteiger partial charge in [0.1, 0.15) is 24.2 Å². The van der Waals surface area contributed by atoms with Crippen LogP contribution in [0, 0.1) is 11.6 Å². The highest BCUT2D eigenvalue weighted by atomic mass is 35.5. The Morgan fingerprint density at radius 3 is 2.61 bits per heavy atom. The van der Waals surface area contributed by atoms with Crippen LogP contribution >= 0.6 is 11.6 Å². The third-order valence-corrected chi connectivity index (χ3v) is 6.08. The summed E-state index contributed by atoms with van der Waals surface area (Å²) in [7, 11) is 0. The van der Waals surface area contributed by atoms with E-state index in [1.165, 1.54) is 30.3 Å². The fourth-order valence-electron chi connectivity index (χ4n) is 4.21. The zero-order chi connectivity index (χ0) is 25.6. The van der Waals surface area contributed by atoms with Gasteiger partial charge < -0.3 is 15.4 Å². The van der Waals surface area contributed by atoms with E-state index in [0.717, 1.165) is 10.6 Å². The zero-order valence-electron chi connectivity index (χ0n) is 18.4. The van der Waals surface area contributed by atoms with Crippen molar-refractivity contribution in [3.05, 3.63) is 98.4 Å². The molecule has 1 atom stereocenters. The van der Waals surface area contributed by atoms with E-state index in [-0.39, 0.29) is 39.5 Å². The van der Waals surface area contributed by atoms with Crippen LogP contribution < -0.4 is 11.0 Å². The number of nitrogens with zero attached hydrogens (tertiary/aromatic N) is 2. The number of aromatic nitrogens is 2. The molecule has 1 aliphatic rings. The van der Waals surface area contributed by atoms with Crippen molar-refractivity contribution in [1.82, 2.24) is 9.55 Å². The molecule has 0 saturated carbocycles. The average molecular weight is 511 g/mol. The Morgan fingerprint density at radius 2 is 1.86 bits per heavy atom. The minimum Gasteiger partial charge on any atom is -0.480 e. The van der Waals surface area contributed by atoms with Gasteiger partial charge in [-0.05, 0) is 35.9 Å². The van der Waals surface area contributed by atoms with Crippen LogP contribution in [0.3, 0.4) is 0 Å². The number of fused-ring (bicyclic) bond motifs is 2. The Bertz CT molecular complexity index is 1640. The van der Waals surface area contributed by atoms with E-state index in [4.69, 9.17) is 11.6 Å². The number of aliphatic carboxylic acids is 1. The van der Waals surface area contributed by atoms with Crippen LogP contribution in [0.25, 0.3) is 11.0 Å². The minimum absolute atomic E-state index is 0.0614. The number of aromatic amines is 1. The Morgan fingerprint density at radius 1 is 1.08 bits per heavy atom. The number of rotatable bonds is 5. The molecule has 1 unspecified atom stereocenters. The quantitative estimate of drug-likeness (QED) is 0.379. The SMILES string of the molecule is O=C(O)Cn1c(=O)[nH]c2ccc(C3=NC(Cc4ccccc4F)C(=O)Nc4c(F)cc(Cl)cc43)cc21. The molecule has 11 heteroatoms. The third-order valence-electron chi connectivity index (χ3n) is 5.86. The van der Waals surface area contributed by atoms with Crippen LogP contribution in [0.4, 0.5) is 14.5 Å². The van der Waals surface area contributed by atoms with E-state index in [0.29, 0.717) is 11.1 Å². The number of amides is 1. The van der Waals surface area contributed by atoms with Crippen molar-refractivity contribution < 1.29 is 23.5 Å². The van der Waals surface area contributed by atoms with E-state index >= 15 is 0 Å². The first-order chi connectivity index (χ1) is 17.2. The summed E-state index contributed by atoms with van der Waals surface area (Å²) in [5, 5.41) is 11.8. The van der Waals surface area contributed by atoms with Crippen molar-refractivity contribution in [3.8, 4) is 0 Å². The average Bonchev–Trinajstić information content (AvgIpc) is 3.05. The molecule has 0 fully saturated rings. The van der Waals surface area contributed by atoms with Gasteiger partial charge in [0.15, 0.2) is 0 Å². The lowest BCUT2D eigenvalue weighted by Crippen LogP contribution is -2.28. The Kier molecular flexibility index (Phi) is 5.89. The van der Waals surface area contributed by atoms with Crippen LogP contribution in [-0.4, -0.2) is 38.3 Å². The largest absolute Gasteiger partial charge is 0.480 e. The fraction of sp³-hybridized carbons (Fsp3) is 0.120. The number of hydrogen-bond acceptors (Lipinski definition) is 4. The van der Waals surface area contributed by atoms with E-state index < -0.39 is 41.8 Å². The van der Waals surface area contributed by atoms with E-state index in [1.54, 1.807) is 18.2 Å². The maximum atomic E-state index is 14.9. The normalized spacial score (nSPS) is 15.2. The molecule has 5 rings (SSSR count). The molecule has 3 aromatic carbocycles. The molecule has 0 radical (unpaired) electrons. The number of nitrogens with one attached hydrogen (secondary N) is 2. The van der Waals surface area contributed by atoms with Gasteiger partial charge in [0.05, 0.1) is 22.4 Å². The lowest BCUT2D eigenvalue weighted by Gasteiger charge is -2.12. The maximum Gasteiger partial charge on any atom is 0.327 e. The number of benzene rings is 3. The van der Waals surface area contributed by atoms with E-state index in [1.807, 2.05) is 0 Å². The number of H-pyrrole nitrogens is 1. The van der Waals surface area contributed by atoms with Gasteiger partial charge in [-0.25, -0.2) is 13.6 Å². The first-order valence-corrected chi connectivity index (χ1v) is 11.2. The summed E-state index contributed by atoms with van der Waals surface area (Å²) in [6.07, 6.45) is -0.0958. The number of halogens is 3. The number of carbonyl (C=O) groups is 2. The highest BCUT2D eigenvalue weighted by molar-refractivity contribution is 6.32. The van der Waals surface area contributed by atoms with Crippen LogP contribution in [-0.2, 0) is 22.6 Å². The zero-order valence-corrected chi connectivity index (χ0v) is 19.1. The van der Waals surface area contributed by atoms with Crippen LogP contribution in [0.1, 0.15) is 16.7 Å². The van der Waals surface area contributed by atoms with Gasteiger partial charge in [-0.15, -0.1) is 0 Å². The molecule has 2 heterocycles. The number of carbonyl (C=O) groups excluding carboxylic acids is 1. The Balaban J connectivity index is 1.71. The van der Waals surface area contributed by atoms with Crippen molar-refractivity contribution in [2.24, 2.45) is 4.99 Å². The Hall–Kier alpha value is -4.31. The Labute approximate surface area is 206 Å². The predicted octanol–water partition coefficient (Wildman–Crippen LogP) is 3.75. The molecule has 0 saturated heterocycles. The number of benzodiazepines with no additional fused rings is 1. The number of carboxylic acid groups (broad SMARTS) is 1. The third kappa shape index (κ3) is 4.27. The molecule has 0 aliphatic carbocycles. The second-order valence-corrected chi connectivity index (χ2v) is 8.67. The molecule has 0 bridgehead atoms. The van der Waals surface area contributed by atoms with Crippen molar-refractivity contribution in [1.29, 1.82) is 0 Å². The maximum absolute atomic E-state index is 14.9. The van der Waals surface area contributed by atoms with Gasteiger partial charge in [-0.2, -0.15) is 0 Å². The topological polar surface area (TPSA) is 117 Å². The van der Waals surface area contributed by atoms with E-state index in [9.17, 15) is 28.3 Å². The summed E-state index contributed by atoms with van der Waals surface area (Å²) in [4.78, 5) is 43.8. The lowest BCUT2D eigenvalue weighted by atomic mass is 9.99. The molecule has 36 heavy (non-hydrogen) atoms. The highest BCUT2D eigenvalue weighted by Crippen LogP contribution is 2.31. The van der Waals surface area contributed by atoms with Crippen molar-refractivity contribution in [2.45, 2.75) is 19.0 Å². The number of carboxylic acids is 1. The summed E-state index contributed by atoms with van der Waals surface area (Å²) >= 11 is 6.12. The van der Waals surface area contributed by atoms with E-state index in [2.05, 4.69) is 15.3 Å². The second kappa shape index (κ2) is 9.04. The number of anilines is 1.